The first-order valence-corrected chi connectivity index (χ1v) is 9.25. The van der Waals surface area contributed by atoms with Crippen LogP contribution in [0.15, 0.2) is 90.5 Å². The maximum absolute atomic E-state index is 14.8. The number of methoxy groups -OCH3 is 1. The summed E-state index contributed by atoms with van der Waals surface area (Å²) in [6, 6.07) is 23.8. The largest absolute Gasteiger partial charge is 0.497 e. The van der Waals surface area contributed by atoms with Crippen molar-refractivity contribution in [1.29, 1.82) is 0 Å². The molecule has 0 atom stereocenters. The van der Waals surface area contributed by atoms with Crippen LogP contribution in [0.1, 0.15) is 17.5 Å². The van der Waals surface area contributed by atoms with Crippen LogP contribution in [0.2, 0.25) is 0 Å². The molecule has 0 amide bonds. The fourth-order valence-corrected chi connectivity index (χ4v) is 3.30. The van der Waals surface area contributed by atoms with Crippen molar-refractivity contribution in [2.45, 2.75) is 6.42 Å². The van der Waals surface area contributed by atoms with Gasteiger partial charge in [-0.3, -0.25) is 0 Å². The summed E-state index contributed by atoms with van der Waals surface area (Å²) in [6.07, 6.45) is 1.57. The molecular weight excluding hydrogens is 370 g/mol. The van der Waals surface area contributed by atoms with E-state index in [1.807, 2.05) is 54.6 Å². The van der Waals surface area contributed by atoms with Crippen molar-refractivity contribution in [3.8, 4) is 17.2 Å². The van der Waals surface area contributed by atoms with Gasteiger partial charge in [0.15, 0.2) is 5.83 Å². The summed E-state index contributed by atoms with van der Waals surface area (Å²) in [7, 11) is 1.56. The maximum atomic E-state index is 14.8. The van der Waals surface area contributed by atoms with E-state index in [4.69, 9.17) is 9.47 Å². The third kappa shape index (κ3) is 4.06. The molecule has 29 heavy (non-hydrogen) atoms. The second kappa shape index (κ2) is 8.31. The molecule has 0 N–H and O–H groups in total. The first-order chi connectivity index (χ1) is 14.2. The molecule has 0 aliphatic heterocycles. The lowest BCUT2D eigenvalue weighted by molar-refractivity contribution is 0.415. The second-order valence-electron chi connectivity index (χ2n) is 6.59. The molecule has 4 rings (SSSR count). The lowest BCUT2D eigenvalue weighted by Gasteiger charge is -2.20. The quantitative estimate of drug-likeness (QED) is 0.461. The Bertz CT molecular complexity index is 1050. The Hall–Kier alpha value is -3.40. The van der Waals surface area contributed by atoms with Crippen LogP contribution in [0.3, 0.4) is 0 Å². The van der Waals surface area contributed by atoms with E-state index in [1.54, 1.807) is 31.4 Å². The number of rotatable bonds is 5. The molecule has 0 unspecified atom stereocenters. The number of hydrogen-bond donors (Lipinski definition) is 0. The van der Waals surface area contributed by atoms with Gasteiger partial charge in [0.2, 0.25) is 0 Å². The van der Waals surface area contributed by atoms with E-state index in [-0.39, 0.29) is 5.57 Å². The number of ether oxygens (including phenoxy) is 2. The minimum atomic E-state index is -0.846. The Morgan fingerprint density at radius 2 is 1.28 bits per heavy atom. The number of benzene rings is 3. The summed E-state index contributed by atoms with van der Waals surface area (Å²) in [5.41, 5.74) is 2.41. The van der Waals surface area contributed by atoms with Crippen LogP contribution in [0, 0.1) is 6.42 Å². The lowest BCUT2D eigenvalue weighted by Crippen LogP contribution is -2.02. The van der Waals surface area contributed by atoms with E-state index >= 15 is 0 Å². The molecule has 145 valence electrons. The van der Waals surface area contributed by atoms with Crippen LogP contribution < -0.4 is 9.47 Å². The van der Waals surface area contributed by atoms with Crippen molar-refractivity contribution in [3.05, 3.63) is 108 Å². The molecule has 1 aliphatic carbocycles. The lowest BCUT2D eigenvalue weighted by atomic mass is 9.86. The SMILES string of the molecule is COc1ccc(C2=C(c3ccc(Oc4ccccc4)cc3)C[CH]C(F)=C2F)cc1. The zero-order valence-electron chi connectivity index (χ0n) is 15.9. The normalized spacial score (nSPS) is 14.2. The smallest absolute Gasteiger partial charge is 0.163 e. The highest BCUT2D eigenvalue weighted by atomic mass is 19.2. The molecule has 3 aromatic carbocycles. The molecular formula is C25H19F2O2. The minimum Gasteiger partial charge on any atom is -0.497 e. The Balaban J connectivity index is 1.70. The summed E-state index contributed by atoms with van der Waals surface area (Å²) in [6.45, 7) is 0. The van der Waals surface area contributed by atoms with E-state index in [9.17, 15) is 8.78 Å². The van der Waals surface area contributed by atoms with E-state index in [2.05, 4.69) is 0 Å². The van der Waals surface area contributed by atoms with E-state index in [1.165, 1.54) is 6.42 Å². The van der Waals surface area contributed by atoms with Crippen molar-refractivity contribution in [3.63, 3.8) is 0 Å². The topological polar surface area (TPSA) is 18.5 Å². The monoisotopic (exact) mass is 389 g/mol. The van der Waals surface area contributed by atoms with Crippen LogP contribution >= 0.6 is 0 Å². The average molecular weight is 389 g/mol. The summed E-state index contributed by atoms with van der Waals surface area (Å²) in [5, 5.41) is 0. The molecule has 0 spiro atoms. The molecule has 0 fully saturated rings. The van der Waals surface area contributed by atoms with Gasteiger partial charge in [-0.1, -0.05) is 42.5 Å². The van der Waals surface area contributed by atoms with Gasteiger partial charge in [-0.05, 0) is 59.5 Å². The van der Waals surface area contributed by atoms with Crippen LogP contribution in [0.25, 0.3) is 11.1 Å². The number of allylic oxidation sites excluding steroid dienone is 4. The first-order valence-electron chi connectivity index (χ1n) is 9.25. The van der Waals surface area contributed by atoms with Gasteiger partial charge >= 0.3 is 0 Å². The van der Waals surface area contributed by atoms with Crippen LogP contribution in [0.5, 0.6) is 17.2 Å². The fraction of sp³-hybridized carbons (Fsp3) is 0.0800. The molecule has 0 aromatic heterocycles. The van der Waals surface area contributed by atoms with Gasteiger partial charge in [0.25, 0.3) is 0 Å². The van der Waals surface area contributed by atoms with Crippen molar-refractivity contribution in [2.24, 2.45) is 0 Å². The van der Waals surface area contributed by atoms with Crippen molar-refractivity contribution in [2.75, 3.05) is 7.11 Å². The summed E-state index contributed by atoms with van der Waals surface area (Å²) in [5.74, 6) is 0.393. The average Bonchev–Trinajstić information content (AvgIpc) is 2.77. The molecule has 1 radical (unpaired) electrons. The van der Waals surface area contributed by atoms with Crippen molar-refractivity contribution < 1.29 is 18.3 Å². The van der Waals surface area contributed by atoms with E-state index in [0.29, 0.717) is 23.5 Å². The highest BCUT2D eigenvalue weighted by Gasteiger charge is 2.25. The highest BCUT2D eigenvalue weighted by Crippen LogP contribution is 2.42. The van der Waals surface area contributed by atoms with Gasteiger partial charge in [0, 0.05) is 12.0 Å². The predicted octanol–water partition coefficient (Wildman–Crippen LogP) is 7.16. The molecule has 0 heterocycles. The van der Waals surface area contributed by atoms with Crippen LogP contribution in [-0.2, 0) is 0 Å². The van der Waals surface area contributed by atoms with Gasteiger partial charge < -0.3 is 9.47 Å². The zero-order valence-corrected chi connectivity index (χ0v) is 15.9. The predicted molar refractivity (Wildman–Crippen MR) is 111 cm³/mol. The molecule has 3 aromatic rings. The molecule has 1 aliphatic rings. The fourth-order valence-electron chi connectivity index (χ4n) is 3.30. The Labute approximate surface area is 168 Å². The first kappa shape index (κ1) is 18.9. The second-order valence-corrected chi connectivity index (χ2v) is 6.59. The van der Waals surface area contributed by atoms with Gasteiger partial charge in [0.1, 0.15) is 23.1 Å². The number of para-hydroxylation sites is 1. The Morgan fingerprint density at radius 3 is 1.93 bits per heavy atom. The zero-order chi connectivity index (χ0) is 20.2. The van der Waals surface area contributed by atoms with Gasteiger partial charge in [-0.2, -0.15) is 0 Å². The van der Waals surface area contributed by atoms with E-state index < -0.39 is 11.7 Å². The van der Waals surface area contributed by atoms with Crippen molar-refractivity contribution in [1.82, 2.24) is 0 Å². The van der Waals surface area contributed by atoms with Gasteiger partial charge in [0.05, 0.1) is 7.11 Å². The highest BCUT2D eigenvalue weighted by molar-refractivity contribution is 5.99. The molecule has 0 bridgehead atoms. The van der Waals surface area contributed by atoms with Gasteiger partial charge in [-0.15, -0.1) is 0 Å². The third-order valence-corrected chi connectivity index (χ3v) is 4.78. The molecule has 0 saturated carbocycles. The third-order valence-electron chi connectivity index (χ3n) is 4.78. The molecule has 2 nitrogen and oxygen atoms in total. The summed E-state index contributed by atoms with van der Waals surface area (Å²) in [4.78, 5) is 0. The van der Waals surface area contributed by atoms with Crippen LogP contribution in [-0.4, -0.2) is 7.11 Å². The van der Waals surface area contributed by atoms with Gasteiger partial charge in [-0.25, -0.2) is 8.78 Å². The maximum Gasteiger partial charge on any atom is 0.163 e. The standard InChI is InChI=1S/C25H19F2O2/c1-28-19-11-9-18(10-12-19)24-22(15-16-23(26)25(24)27)17-7-13-21(14-8-17)29-20-5-3-2-4-6-20/h2-14,16H,15H2,1H3. The Kier molecular flexibility index (Phi) is 5.43. The molecule has 4 heteroatoms. The van der Waals surface area contributed by atoms with E-state index in [0.717, 1.165) is 16.9 Å². The number of halogens is 2. The molecule has 0 saturated heterocycles. The Morgan fingerprint density at radius 1 is 0.690 bits per heavy atom. The van der Waals surface area contributed by atoms with Crippen molar-refractivity contribution >= 4 is 11.1 Å². The minimum absolute atomic E-state index is 0.268. The summed E-state index contributed by atoms with van der Waals surface area (Å²) >= 11 is 0. The van der Waals surface area contributed by atoms with Crippen LogP contribution in [0.4, 0.5) is 8.78 Å². The number of hydrogen-bond acceptors (Lipinski definition) is 2. The summed E-state index contributed by atoms with van der Waals surface area (Å²) < 4.78 is 39.8.